The lowest BCUT2D eigenvalue weighted by atomic mass is 10.0. The van der Waals surface area contributed by atoms with Crippen LogP contribution in [0.3, 0.4) is 0 Å². The van der Waals surface area contributed by atoms with Crippen molar-refractivity contribution in [1.29, 1.82) is 0 Å². The summed E-state index contributed by atoms with van der Waals surface area (Å²) in [5.74, 6) is 1.87. The third-order valence-corrected chi connectivity index (χ3v) is 12.3. The van der Waals surface area contributed by atoms with Crippen molar-refractivity contribution in [1.82, 2.24) is 24.1 Å². The number of benzene rings is 8. The van der Waals surface area contributed by atoms with E-state index >= 15 is 0 Å². The molecule has 0 fully saturated rings. The predicted molar refractivity (Wildman–Crippen MR) is 238 cm³/mol. The molecule has 0 aliphatic rings. The molecule has 0 saturated carbocycles. The van der Waals surface area contributed by atoms with Crippen LogP contribution in [0.1, 0.15) is 0 Å². The first-order chi connectivity index (χ1) is 28.3. The van der Waals surface area contributed by atoms with Crippen LogP contribution in [0.5, 0.6) is 0 Å². The van der Waals surface area contributed by atoms with E-state index in [0.717, 1.165) is 54.8 Å². The molecule has 0 spiro atoms. The molecule has 6 heteroatoms. The van der Waals surface area contributed by atoms with Gasteiger partial charge in [0, 0.05) is 58.4 Å². The first-order valence-electron chi connectivity index (χ1n) is 19.1. The zero-order chi connectivity index (χ0) is 37.5. The van der Waals surface area contributed by atoms with E-state index < -0.39 is 0 Å². The lowest BCUT2D eigenvalue weighted by Crippen LogP contribution is -2.08. The van der Waals surface area contributed by atoms with Gasteiger partial charge in [0.2, 0.25) is 0 Å². The number of nitrogens with zero attached hydrogens (tertiary/aromatic N) is 5. The van der Waals surface area contributed by atoms with Gasteiger partial charge in [-0.1, -0.05) is 152 Å². The number of hydrogen-bond donors (Lipinski definition) is 0. The van der Waals surface area contributed by atoms with Gasteiger partial charge in [0.1, 0.15) is 0 Å². The summed E-state index contributed by atoms with van der Waals surface area (Å²) < 4.78 is 7.34. The minimum atomic E-state index is 0.612. The van der Waals surface area contributed by atoms with Crippen LogP contribution in [0, 0.1) is 0 Å². The highest BCUT2D eigenvalue weighted by Gasteiger charge is 2.28. The quantitative estimate of drug-likeness (QED) is 0.176. The molecule has 0 bridgehead atoms. The van der Waals surface area contributed by atoms with E-state index in [1.807, 2.05) is 47.7 Å². The van der Waals surface area contributed by atoms with E-state index in [-0.39, 0.29) is 0 Å². The van der Waals surface area contributed by atoms with Crippen LogP contribution in [-0.2, 0) is 0 Å². The zero-order valence-electron chi connectivity index (χ0n) is 30.5. The van der Waals surface area contributed by atoms with Gasteiger partial charge in [0.25, 0.3) is 0 Å². The van der Waals surface area contributed by atoms with Crippen LogP contribution < -0.4 is 0 Å². The zero-order valence-corrected chi connectivity index (χ0v) is 31.4. The molecule has 8 aromatic carbocycles. The fraction of sp³-hybridized carbons (Fsp3) is 0. The molecular formula is C51H31N5S. The van der Waals surface area contributed by atoms with Crippen LogP contribution in [-0.4, -0.2) is 24.1 Å². The van der Waals surface area contributed by atoms with Crippen LogP contribution in [0.15, 0.2) is 188 Å². The molecule has 0 N–H and O–H groups in total. The summed E-state index contributed by atoms with van der Waals surface area (Å²) in [6, 6.07) is 66.6. The highest BCUT2D eigenvalue weighted by Crippen LogP contribution is 2.49. The van der Waals surface area contributed by atoms with Crippen LogP contribution in [0.2, 0.25) is 0 Å². The molecule has 0 atom stereocenters. The Kier molecular flexibility index (Phi) is 7.03. The molecule has 0 radical (unpaired) electrons. The molecule has 12 rings (SSSR count). The number of aromatic nitrogens is 5. The lowest BCUT2D eigenvalue weighted by Gasteiger charge is -2.22. The molecular weight excluding hydrogens is 715 g/mol. The molecule has 12 aromatic rings. The van der Waals surface area contributed by atoms with Gasteiger partial charge in [0.15, 0.2) is 17.5 Å². The normalized spacial score (nSPS) is 11.9. The SMILES string of the molecule is c1ccc(-c2nc(-c3ccccc3)nc(-c3cc4sc5ccccc5c4c(-n4c5ccccc5c5ccccc54)c3-n3c4ccccc4c4ccccc43)n2)cc1. The van der Waals surface area contributed by atoms with Crippen molar-refractivity contribution in [2.75, 3.05) is 0 Å². The van der Waals surface area contributed by atoms with Crippen molar-refractivity contribution in [3.8, 4) is 45.5 Å². The second-order valence-corrected chi connectivity index (χ2v) is 15.5. The Morgan fingerprint density at radius 2 is 0.719 bits per heavy atom. The minimum Gasteiger partial charge on any atom is -0.307 e. The van der Waals surface area contributed by atoms with Gasteiger partial charge in [-0.2, -0.15) is 0 Å². The summed E-state index contributed by atoms with van der Waals surface area (Å²) in [5, 5.41) is 7.20. The summed E-state index contributed by atoms with van der Waals surface area (Å²) in [5.41, 5.74) is 9.40. The molecule has 0 aliphatic carbocycles. The molecule has 0 unspecified atom stereocenters. The molecule has 4 aromatic heterocycles. The maximum atomic E-state index is 5.40. The largest absolute Gasteiger partial charge is 0.307 e. The monoisotopic (exact) mass is 745 g/mol. The van der Waals surface area contributed by atoms with Crippen LogP contribution in [0.4, 0.5) is 0 Å². The number of para-hydroxylation sites is 4. The maximum absolute atomic E-state index is 5.40. The van der Waals surface area contributed by atoms with E-state index in [0.29, 0.717) is 17.5 Å². The molecule has 57 heavy (non-hydrogen) atoms. The average molecular weight is 746 g/mol. The average Bonchev–Trinajstić information content (AvgIpc) is 3.94. The Balaban J connectivity index is 1.35. The molecule has 0 aliphatic heterocycles. The second-order valence-electron chi connectivity index (χ2n) is 14.4. The standard InChI is InChI=1S/C51H31N5S/c1-3-17-32(18-4-1)49-52-50(33-19-5-2-6-20-33)54-51(53-49)39-31-45-46(38-25-11-16-30-44(38)57-45)48(56-42-28-14-9-23-36(42)37-24-10-15-29-43(37)56)47(39)55-40-26-12-7-21-34(40)35-22-8-13-27-41(35)55/h1-31H. The Hall–Kier alpha value is -7.41. The van der Waals surface area contributed by atoms with Gasteiger partial charge in [-0.25, -0.2) is 15.0 Å². The molecule has 266 valence electrons. The van der Waals surface area contributed by atoms with Gasteiger partial charge < -0.3 is 9.13 Å². The smallest absolute Gasteiger partial charge is 0.166 e. The highest BCUT2D eigenvalue weighted by atomic mass is 32.1. The number of thiophene rings is 1. The third-order valence-electron chi connectivity index (χ3n) is 11.2. The summed E-state index contributed by atoms with van der Waals surface area (Å²) in [6.07, 6.45) is 0. The highest BCUT2D eigenvalue weighted by molar-refractivity contribution is 7.26. The van der Waals surface area contributed by atoms with Crippen LogP contribution in [0.25, 0.3) is 109 Å². The Morgan fingerprint density at radius 3 is 1.21 bits per heavy atom. The van der Waals surface area contributed by atoms with E-state index in [2.05, 4.69) is 161 Å². The van der Waals surface area contributed by atoms with Gasteiger partial charge in [-0.15, -0.1) is 11.3 Å². The topological polar surface area (TPSA) is 48.5 Å². The Bertz CT molecular complexity index is 3360. The van der Waals surface area contributed by atoms with Gasteiger partial charge in [0.05, 0.1) is 33.4 Å². The summed E-state index contributed by atoms with van der Waals surface area (Å²) in [6.45, 7) is 0. The minimum absolute atomic E-state index is 0.612. The van der Waals surface area contributed by atoms with E-state index in [1.54, 1.807) is 0 Å². The van der Waals surface area contributed by atoms with Crippen LogP contribution >= 0.6 is 11.3 Å². The van der Waals surface area contributed by atoms with Crippen molar-refractivity contribution in [3.63, 3.8) is 0 Å². The second kappa shape index (κ2) is 12.6. The lowest BCUT2D eigenvalue weighted by molar-refractivity contribution is 1.06. The Morgan fingerprint density at radius 1 is 0.333 bits per heavy atom. The van der Waals surface area contributed by atoms with Crippen molar-refractivity contribution in [3.05, 3.63) is 188 Å². The van der Waals surface area contributed by atoms with Gasteiger partial charge in [-0.05, 0) is 36.4 Å². The van der Waals surface area contributed by atoms with E-state index in [1.165, 1.54) is 37.0 Å². The fourth-order valence-corrected chi connectivity index (χ4v) is 9.88. The van der Waals surface area contributed by atoms with E-state index in [9.17, 15) is 0 Å². The number of rotatable bonds is 5. The summed E-state index contributed by atoms with van der Waals surface area (Å²) in [4.78, 5) is 15.9. The first kappa shape index (κ1) is 31.9. The van der Waals surface area contributed by atoms with Crippen molar-refractivity contribution in [2.24, 2.45) is 0 Å². The predicted octanol–water partition coefficient (Wildman–Crippen LogP) is 13.4. The Labute approximate surface area is 331 Å². The molecule has 4 heterocycles. The summed E-state index contributed by atoms with van der Waals surface area (Å²) in [7, 11) is 0. The maximum Gasteiger partial charge on any atom is 0.166 e. The van der Waals surface area contributed by atoms with E-state index in [4.69, 9.17) is 15.0 Å². The first-order valence-corrected chi connectivity index (χ1v) is 19.9. The van der Waals surface area contributed by atoms with Gasteiger partial charge >= 0.3 is 0 Å². The molecule has 5 nitrogen and oxygen atoms in total. The van der Waals surface area contributed by atoms with Crippen molar-refractivity contribution < 1.29 is 0 Å². The van der Waals surface area contributed by atoms with Crippen molar-refractivity contribution >= 4 is 75.1 Å². The fourth-order valence-electron chi connectivity index (χ4n) is 8.73. The van der Waals surface area contributed by atoms with Gasteiger partial charge in [-0.3, -0.25) is 0 Å². The number of fused-ring (bicyclic) bond motifs is 9. The molecule has 0 saturated heterocycles. The molecule has 0 amide bonds. The number of hydrogen-bond acceptors (Lipinski definition) is 4. The van der Waals surface area contributed by atoms with Crippen molar-refractivity contribution in [2.45, 2.75) is 0 Å². The third kappa shape index (κ3) is 4.84. The summed E-state index contributed by atoms with van der Waals surface area (Å²) >= 11 is 1.81.